The number of hydrogen-bond donors (Lipinski definition) is 1. The van der Waals surface area contributed by atoms with Gasteiger partial charge in [-0.1, -0.05) is 0 Å². The number of alkyl halides is 2. The molecule has 0 amide bonds. The summed E-state index contributed by atoms with van der Waals surface area (Å²) in [6.07, 6.45) is 0. The Morgan fingerprint density at radius 2 is 0.729 bits per heavy atom. The van der Waals surface area contributed by atoms with Gasteiger partial charge in [-0.2, -0.15) is 13.2 Å². The van der Waals surface area contributed by atoms with Crippen molar-refractivity contribution in [3.8, 4) is 16.9 Å². The van der Waals surface area contributed by atoms with Crippen LogP contribution in [0.15, 0.2) is 0 Å². The number of fused-ring (bicyclic) bond motifs is 5. The molecular weight excluding hydrogens is 709 g/mol. The van der Waals surface area contributed by atoms with Gasteiger partial charge in [0.1, 0.15) is 11.6 Å². The molecule has 5 aromatic rings. The summed E-state index contributed by atoms with van der Waals surface area (Å²) in [4.78, 5) is 0. The molecule has 0 spiro atoms. The van der Waals surface area contributed by atoms with Crippen LogP contribution in [0, 0.1) is 93.1 Å². The zero-order chi connectivity index (χ0) is 35.8. The van der Waals surface area contributed by atoms with Gasteiger partial charge in [-0.25, -0.2) is 65.9 Å². The third kappa shape index (κ3) is 3.86. The van der Waals surface area contributed by atoms with Crippen molar-refractivity contribution >= 4 is 34.1 Å². The minimum absolute atomic E-state index is 2.26. The first-order valence-corrected chi connectivity index (χ1v) is 12.1. The Balaban J connectivity index is 1.70. The lowest BCUT2D eigenvalue weighted by molar-refractivity contribution is 0.0404. The van der Waals surface area contributed by atoms with E-state index in [1.54, 1.807) is 0 Å². The van der Waals surface area contributed by atoms with Crippen molar-refractivity contribution in [3.63, 3.8) is 0 Å². The van der Waals surface area contributed by atoms with Gasteiger partial charge in [-0.05, 0) is 0 Å². The maximum atomic E-state index is 15.6. The highest BCUT2D eigenvalue weighted by Gasteiger charge is 2.56. The molecule has 1 aliphatic carbocycles. The third-order valence-electron chi connectivity index (χ3n) is 7.41. The number of benzene rings is 5. The predicted molar refractivity (Wildman–Crippen MR) is 124 cm³/mol. The van der Waals surface area contributed by atoms with Crippen LogP contribution in [0.5, 0.6) is 5.75 Å². The SMILES string of the molecule is OB(Oc1c(F)c(F)c(F)c2c1C(F)(F)c1c(F)c(F)c(F)c(F)c1-2)c1c(F)c(F)c(F)c2c(F)c3c(F)c(F)c(F)c(F)c3c(F)c12. The normalized spacial score (nSPS) is 13.5. The molecule has 0 fully saturated rings. The molecule has 0 radical (unpaired) electrons. The maximum absolute atomic E-state index is 15.6. The molecule has 0 saturated heterocycles. The summed E-state index contributed by atoms with van der Waals surface area (Å²) in [6, 6.07) is 0. The molecule has 0 saturated carbocycles. The monoisotopic (exact) mass is 710 g/mol. The summed E-state index contributed by atoms with van der Waals surface area (Å²) in [7, 11) is -3.90. The number of halogens is 18. The van der Waals surface area contributed by atoms with Crippen LogP contribution in [-0.4, -0.2) is 12.1 Å². The summed E-state index contributed by atoms with van der Waals surface area (Å²) >= 11 is 0. The summed E-state index contributed by atoms with van der Waals surface area (Å²) in [6.45, 7) is 0. The first kappa shape index (κ1) is 33.1. The quantitative estimate of drug-likeness (QED) is 0.0675. The van der Waals surface area contributed by atoms with Crippen LogP contribution in [0.2, 0.25) is 0 Å². The number of rotatable bonds is 3. The molecule has 0 unspecified atom stereocenters. The van der Waals surface area contributed by atoms with Crippen LogP contribution in [0.1, 0.15) is 11.1 Å². The lowest BCUT2D eigenvalue weighted by Crippen LogP contribution is -2.42. The van der Waals surface area contributed by atoms with E-state index in [9.17, 15) is 62.1 Å². The summed E-state index contributed by atoms with van der Waals surface area (Å²) in [5.74, 6) is -53.9. The van der Waals surface area contributed by atoms with E-state index in [1.807, 2.05) is 0 Å². The molecule has 5 aromatic carbocycles. The van der Waals surface area contributed by atoms with E-state index >= 15 is 22.0 Å². The Morgan fingerprint density at radius 3 is 1.23 bits per heavy atom. The molecular formula is C27HBF18O2. The second-order valence-corrected chi connectivity index (χ2v) is 9.81. The van der Waals surface area contributed by atoms with Crippen molar-refractivity contribution in [3.05, 3.63) is 104 Å². The van der Waals surface area contributed by atoms with Gasteiger partial charge in [-0.3, -0.25) is 0 Å². The highest BCUT2D eigenvalue weighted by Crippen LogP contribution is 2.58. The van der Waals surface area contributed by atoms with Crippen LogP contribution in [0.25, 0.3) is 32.7 Å². The second-order valence-electron chi connectivity index (χ2n) is 9.81. The van der Waals surface area contributed by atoms with Gasteiger partial charge in [0.15, 0.2) is 81.4 Å². The lowest BCUT2D eigenvalue weighted by atomic mass is 9.74. The molecule has 2 nitrogen and oxygen atoms in total. The molecule has 0 atom stereocenters. The van der Waals surface area contributed by atoms with Crippen molar-refractivity contribution in [2.75, 3.05) is 0 Å². The Kier molecular flexibility index (Phi) is 7.13. The molecule has 1 aliphatic rings. The van der Waals surface area contributed by atoms with Gasteiger partial charge in [-0.15, -0.1) is 0 Å². The van der Waals surface area contributed by atoms with Gasteiger partial charge in [0.25, 0.3) is 0 Å². The van der Waals surface area contributed by atoms with Gasteiger partial charge >= 0.3 is 13.0 Å². The second kappa shape index (κ2) is 10.3. The van der Waals surface area contributed by atoms with Crippen molar-refractivity contribution in [1.82, 2.24) is 0 Å². The van der Waals surface area contributed by atoms with Crippen LogP contribution in [-0.2, 0) is 5.92 Å². The number of hydrogen-bond acceptors (Lipinski definition) is 2. The minimum Gasteiger partial charge on any atom is -0.530 e. The highest BCUT2D eigenvalue weighted by atomic mass is 19.3. The maximum Gasteiger partial charge on any atom is 0.564 e. The predicted octanol–water partition coefficient (Wildman–Crippen LogP) is 8.11. The fourth-order valence-corrected chi connectivity index (χ4v) is 5.38. The smallest absolute Gasteiger partial charge is 0.530 e. The average molecular weight is 710 g/mol. The van der Waals surface area contributed by atoms with E-state index in [0.29, 0.717) is 0 Å². The zero-order valence-corrected chi connectivity index (χ0v) is 21.7. The molecule has 48 heavy (non-hydrogen) atoms. The van der Waals surface area contributed by atoms with Crippen LogP contribution in [0.3, 0.4) is 0 Å². The molecule has 6 rings (SSSR count). The summed E-state index contributed by atoms with van der Waals surface area (Å²) in [5.41, 5.74) is -12.2. The van der Waals surface area contributed by atoms with Crippen LogP contribution >= 0.6 is 0 Å². The van der Waals surface area contributed by atoms with Gasteiger partial charge in [0, 0.05) is 22.0 Å². The van der Waals surface area contributed by atoms with E-state index in [1.165, 1.54) is 0 Å². The van der Waals surface area contributed by atoms with Gasteiger partial charge in [0.05, 0.1) is 27.3 Å². The molecule has 1 N–H and O–H groups in total. The standard InChI is InChI=1S/C27HBF18O2/c29-10-3-4(11(30)6-5(10)15(34)21(40)22(41)16(6)35)14(33)19(38)18(37)9(3)28(47)48-26-8-2(13(32)23(42)25(26)44)1-7(27(8,45)46)17(36)24(43)20(39)12(1)31/h47H. The van der Waals surface area contributed by atoms with E-state index in [4.69, 9.17) is 0 Å². The summed E-state index contributed by atoms with van der Waals surface area (Å²) < 4.78 is 268. The van der Waals surface area contributed by atoms with E-state index in [2.05, 4.69) is 4.65 Å². The highest BCUT2D eigenvalue weighted by molar-refractivity contribution is 6.64. The van der Waals surface area contributed by atoms with Crippen LogP contribution in [0.4, 0.5) is 79.0 Å². The average Bonchev–Trinajstić information content (AvgIpc) is 3.28. The van der Waals surface area contributed by atoms with E-state index in [0.717, 1.165) is 0 Å². The van der Waals surface area contributed by atoms with Gasteiger partial charge < -0.3 is 9.68 Å². The van der Waals surface area contributed by atoms with E-state index < -0.39 is 161 Å². The summed E-state index contributed by atoms with van der Waals surface area (Å²) in [5, 5.41) is 1.37. The Bertz CT molecular complexity index is 2340. The van der Waals surface area contributed by atoms with E-state index in [-0.39, 0.29) is 0 Å². The van der Waals surface area contributed by atoms with Crippen molar-refractivity contribution < 1.29 is 88.7 Å². The first-order valence-electron chi connectivity index (χ1n) is 12.1. The van der Waals surface area contributed by atoms with Crippen molar-refractivity contribution in [2.24, 2.45) is 0 Å². The van der Waals surface area contributed by atoms with Gasteiger partial charge in [0.2, 0.25) is 5.82 Å². The minimum atomic E-state index is -5.49. The molecule has 0 aliphatic heterocycles. The Morgan fingerprint density at radius 1 is 0.375 bits per heavy atom. The zero-order valence-electron chi connectivity index (χ0n) is 21.7. The van der Waals surface area contributed by atoms with Crippen LogP contribution < -0.4 is 10.1 Å². The third-order valence-corrected chi connectivity index (χ3v) is 7.41. The van der Waals surface area contributed by atoms with Crippen molar-refractivity contribution in [2.45, 2.75) is 5.92 Å². The fourth-order valence-electron chi connectivity index (χ4n) is 5.38. The topological polar surface area (TPSA) is 29.5 Å². The Labute approximate surface area is 250 Å². The molecule has 0 bridgehead atoms. The van der Waals surface area contributed by atoms with Crippen molar-refractivity contribution in [1.29, 1.82) is 0 Å². The first-order chi connectivity index (χ1) is 22.2. The molecule has 21 heteroatoms. The molecule has 0 heterocycles. The fraction of sp³-hybridized carbons (Fsp3) is 0.0370. The molecule has 250 valence electrons. The Hall–Kier alpha value is -4.82. The molecule has 0 aromatic heterocycles. The largest absolute Gasteiger partial charge is 0.564 e. The lowest BCUT2D eigenvalue weighted by Gasteiger charge is -2.21.